The summed E-state index contributed by atoms with van der Waals surface area (Å²) in [5.41, 5.74) is 4.74. The second kappa shape index (κ2) is 7.32. The quantitative estimate of drug-likeness (QED) is 0.358. The molecule has 0 bridgehead atoms. The number of nitrogens with zero attached hydrogens (tertiary/aromatic N) is 3. The van der Waals surface area contributed by atoms with Gasteiger partial charge in [0.15, 0.2) is 11.5 Å². The van der Waals surface area contributed by atoms with E-state index in [4.69, 9.17) is 0 Å². The summed E-state index contributed by atoms with van der Waals surface area (Å²) in [6.45, 7) is 2.54. The summed E-state index contributed by atoms with van der Waals surface area (Å²) in [4.78, 5) is 32.4. The zero-order valence-corrected chi connectivity index (χ0v) is 16.2. The average molecular weight is 397 g/mol. The lowest BCUT2D eigenvalue weighted by Gasteiger charge is -2.09. The molecule has 30 heavy (non-hydrogen) atoms. The summed E-state index contributed by atoms with van der Waals surface area (Å²) in [5, 5.41) is 6.96. The maximum atomic E-state index is 13.0. The van der Waals surface area contributed by atoms with Crippen molar-refractivity contribution in [3.8, 4) is 0 Å². The van der Waals surface area contributed by atoms with Crippen LogP contribution in [0.4, 0.5) is 11.8 Å². The Bertz CT molecular complexity index is 1350. The lowest BCUT2D eigenvalue weighted by molar-refractivity contribution is 0.102. The van der Waals surface area contributed by atoms with Gasteiger partial charge in [0.2, 0.25) is 5.95 Å². The van der Waals surface area contributed by atoms with E-state index >= 15 is 0 Å². The molecule has 0 fully saturated rings. The molecule has 0 saturated carbocycles. The molecule has 5 rings (SSSR count). The van der Waals surface area contributed by atoms with Gasteiger partial charge in [0.25, 0.3) is 5.91 Å². The highest BCUT2D eigenvalue weighted by Gasteiger charge is 2.16. The molecule has 0 unspecified atom stereocenters. The van der Waals surface area contributed by atoms with Crippen molar-refractivity contribution in [2.45, 2.75) is 13.5 Å². The van der Waals surface area contributed by atoms with Crippen molar-refractivity contribution in [3.63, 3.8) is 0 Å². The van der Waals surface area contributed by atoms with Gasteiger partial charge in [0, 0.05) is 28.7 Å². The van der Waals surface area contributed by atoms with Gasteiger partial charge in [-0.2, -0.15) is 9.97 Å². The Morgan fingerprint density at radius 1 is 1.07 bits per heavy atom. The van der Waals surface area contributed by atoms with Crippen LogP contribution in [0.15, 0.2) is 60.9 Å². The van der Waals surface area contributed by atoms with Gasteiger partial charge in [-0.3, -0.25) is 10.1 Å². The molecule has 0 spiro atoms. The topological polar surface area (TPSA) is 111 Å². The van der Waals surface area contributed by atoms with Crippen LogP contribution in [0.5, 0.6) is 0 Å². The number of fused-ring (bicyclic) bond motifs is 2. The fraction of sp³-hybridized carbons (Fsp3) is 0.0909. The summed E-state index contributed by atoms with van der Waals surface area (Å²) in [5.74, 6) is 0.486. The van der Waals surface area contributed by atoms with Gasteiger partial charge in [0.05, 0.1) is 6.33 Å². The maximum absolute atomic E-state index is 13.0. The number of hydrogen-bond acceptors (Lipinski definition) is 5. The molecule has 3 heterocycles. The number of carbonyl (C=O) groups is 1. The first-order valence-corrected chi connectivity index (χ1v) is 9.56. The highest BCUT2D eigenvalue weighted by molar-refractivity contribution is 6.12. The summed E-state index contributed by atoms with van der Waals surface area (Å²) < 4.78 is 0. The molecule has 3 aromatic heterocycles. The number of carbonyl (C=O) groups excluding carboxylic acids is 1. The molecule has 0 radical (unpaired) electrons. The number of aromatic nitrogens is 5. The van der Waals surface area contributed by atoms with E-state index in [1.54, 1.807) is 12.4 Å². The van der Waals surface area contributed by atoms with Crippen molar-refractivity contribution in [2.75, 3.05) is 10.6 Å². The van der Waals surface area contributed by atoms with Gasteiger partial charge >= 0.3 is 0 Å². The summed E-state index contributed by atoms with van der Waals surface area (Å²) >= 11 is 0. The Balaban J connectivity index is 1.44. The number of anilines is 2. The van der Waals surface area contributed by atoms with Gasteiger partial charge in [-0.15, -0.1) is 0 Å². The van der Waals surface area contributed by atoms with Crippen molar-refractivity contribution >= 4 is 39.7 Å². The molecular formula is C22H19N7O. The van der Waals surface area contributed by atoms with Crippen LogP contribution in [0.25, 0.3) is 22.1 Å². The summed E-state index contributed by atoms with van der Waals surface area (Å²) in [7, 11) is 0. The number of benzene rings is 2. The van der Waals surface area contributed by atoms with Crippen molar-refractivity contribution in [3.05, 3.63) is 77.7 Å². The number of H-pyrrole nitrogens is 2. The van der Waals surface area contributed by atoms with Gasteiger partial charge in [0.1, 0.15) is 5.52 Å². The Morgan fingerprint density at radius 2 is 1.93 bits per heavy atom. The number of amides is 1. The Kier molecular flexibility index (Phi) is 4.36. The smallest absolute Gasteiger partial charge is 0.258 e. The van der Waals surface area contributed by atoms with Crippen LogP contribution in [0.3, 0.4) is 0 Å². The van der Waals surface area contributed by atoms with Crippen LogP contribution in [0, 0.1) is 6.92 Å². The fourth-order valence-corrected chi connectivity index (χ4v) is 3.46. The van der Waals surface area contributed by atoms with Crippen LogP contribution in [0.1, 0.15) is 21.6 Å². The number of aryl methyl sites for hydroxylation is 1. The molecule has 8 nitrogen and oxygen atoms in total. The highest BCUT2D eigenvalue weighted by atomic mass is 16.1. The maximum Gasteiger partial charge on any atom is 0.258 e. The molecule has 4 N–H and O–H groups in total. The predicted molar refractivity (Wildman–Crippen MR) is 116 cm³/mol. The van der Waals surface area contributed by atoms with Crippen molar-refractivity contribution in [1.82, 2.24) is 24.9 Å². The third-order valence-electron chi connectivity index (χ3n) is 4.85. The fourth-order valence-electron chi connectivity index (χ4n) is 3.46. The van der Waals surface area contributed by atoms with E-state index in [2.05, 4.69) is 35.6 Å². The molecule has 1 amide bonds. The first-order chi connectivity index (χ1) is 14.7. The molecular weight excluding hydrogens is 378 g/mol. The zero-order chi connectivity index (χ0) is 20.5. The van der Waals surface area contributed by atoms with E-state index in [9.17, 15) is 4.79 Å². The van der Waals surface area contributed by atoms with Crippen molar-refractivity contribution in [2.24, 2.45) is 0 Å². The predicted octanol–water partition coefficient (Wildman–Crippen LogP) is 4.01. The Labute approximate surface area is 171 Å². The minimum atomic E-state index is -0.271. The molecule has 5 aromatic rings. The van der Waals surface area contributed by atoms with Crippen LogP contribution < -0.4 is 10.6 Å². The molecule has 0 saturated heterocycles. The summed E-state index contributed by atoms with van der Waals surface area (Å²) in [6.07, 6.45) is 1.56. The summed E-state index contributed by atoms with van der Waals surface area (Å²) in [6, 6.07) is 17.5. The van der Waals surface area contributed by atoms with Crippen molar-refractivity contribution in [1.29, 1.82) is 0 Å². The molecule has 0 aliphatic carbocycles. The number of hydrogen-bond donors (Lipinski definition) is 4. The van der Waals surface area contributed by atoms with Crippen molar-refractivity contribution < 1.29 is 4.79 Å². The monoisotopic (exact) mass is 397 g/mol. The first-order valence-electron chi connectivity index (χ1n) is 9.56. The number of rotatable bonds is 5. The lowest BCUT2D eigenvalue weighted by atomic mass is 10.1. The average Bonchev–Trinajstić information content (AvgIpc) is 3.37. The Hall–Kier alpha value is -4.20. The van der Waals surface area contributed by atoms with E-state index in [0.29, 0.717) is 29.1 Å². The van der Waals surface area contributed by atoms with Crippen LogP contribution in [-0.4, -0.2) is 30.8 Å². The highest BCUT2D eigenvalue weighted by Crippen LogP contribution is 2.22. The van der Waals surface area contributed by atoms with Crippen LogP contribution in [-0.2, 0) is 6.54 Å². The second-order valence-corrected chi connectivity index (χ2v) is 7.01. The number of nitrogens with one attached hydrogen (secondary N) is 4. The minimum Gasteiger partial charge on any atom is -0.364 e. The molecule has 148 valence electrons. The van der Waals surface area contributed by atoms with Gasteiger partial charge < -0.3 is 15.3 Å². The molecule has 8 heteroatoms. The minimum absolute atomic E-state index is 0.205. The molecule has 0 aliphatic heterocycles. The molecule has 0 aliphatic rings. The Morgan fingerprint density at radius 3 is 2.80 bits per heavy atom. The van der Waals surface area contributed by atoms with Gasteiger partial charge in [-0.1, -0.05) is 36.4 Å². The van der Waals surface area contributed by atoms with E-state index in [-0.39, 0.29) is 11.9 Å². The van der Waals surface area contributed by atoms with Crippen LogP contribution in [0.2, 0.25) is 0 Å². The van der Waals surface area contributed by atoms with E-state index in [1.165, 1.54) is 0 Å². The lowest BCUT2D eigenvalue weighted by Crippen LogP contribution is -2.15. The normalized spacial score (nSPS) is 11.1. The standard InChI is InChI=1S/C22H19N7O/c1-13-10-16-15(8-5-9-17(16)26-13)21(30)29-22-27-19(18-20(28-22)25-12-24-18)23-11-14-6-3-2-4-7-14/h2-10,12,26H,11H2,1H3,(H3,23,24,25,27,28,29,30). The van der Waals surface area contributed by atoms with E-state index in [0.717, 1.165) is 22.2 Å². The third kappa shape index (κ3) is 3.35. The number of aromatic amines is 2. The van der Waals surface area contributed by atoms with Gasteiger partial charge in [-0.25, -0.2) is 4.98 Å². The molecule has 2 aromatic carbocycles. The molecule has 0 atom stereocenters. The largest absolute Gasteiger partial charge is 0.364 e. The van der Waals surface area contributed by atoms with Gasteiger partial charge in [-0.05, 0) is 30.7 Å². The van der Waals surface area contributed by atoms with E-state index < -0.39 is 0 Å². The second-order valence-electron chi connectivity index (χ2n) is 7.01. The third-order valence-corrected chi connectivity index (χ3v) is 4.85. The number of imidazole rings is 1. The SMILES string of the molecule is Cc1cc2c(C(=O)Nc3nc(NCc4ccccc4)c4nc[nH]c4n3)cccc2[nH]1. The van der Waals surface area contributed by atoms with E-state index in [1.807, 2.05) is 55.5 Å². The first kappa shape index (κ1) is 17.9. The zero-order valence-electron chi connectivity index (χ0n) is 16.2. The van der Waals surface area contributed by atoms with Crippen LogP contribution >= 0.6 is 0 Å².